The van der Waals surface area contributed by atoms with Gasteiger partial charge in [0.05, 0.1) is 11.7 Å². The van der Waals surface area contributed by atoms with Gasteiger partial charge in [-0.3, -0.25) is 9.48 Å². The second kappa shape index (κ2) is 5.85. The van der Waals surface area contributed by atoms with Gasteiger partial charge in [-0.2, -0.15) is 5.10 Å². The number of hydrogen-bond donors (Lipinski definition) is 1. The molecule has 112 valence electrons. The average molecular weight is 287 g/mol. The van der Waals surface area contributed by atoms with Crippen molar-refractivity contribution in [1.29, 1.82) is 0 Å². The highest BCUT2D eigenvalue weighted by Gasteiger charge is 2.28. The van der Waals surface area contributed by atoms with E-state index in [1.54, 1.807) is 10.9 Å². The Kier molecular flexibility index (Phi) is 3.92. The molecule has 2 unspecified atom stereocenters. The molecule has 21 heavy (non-hydrogen) atoms. The lowest BCUT2D eigenvalue weighted by Crippen LogP contribution is -2.47. The molecule has 2 atom stereocenters. The number of carbonyl (C=O) groups excluding carboxylic acids is 1. The Labute approximate surface area is 124 Å². The van der Waals surface area contributed by atoms with Gasteiger partial charge in [0.25, 0.3) is 0 Å². The van der Waals surface area contributed by atoms with Gasteiger partial charge >= 0.3 is 0 Å². The van der Waals surface area contributed by atoms with Crippen LogP contribution in [0, 0.1) is 5.92 Å². The quantitative estimate of drug-likeness (QED) is 0.934. The summed E-state index contributed by atoms with van der Waals surface area (Å²) in [6.07, 6.45) is 3.74. The Morgan fingerprint density at radius 1 is 1.38 bits per heavy atom. The lowest BCUT2D eigenvalue weighted by Gasteiger charge is -2.37. The highest BCUT2D eigenvalue weighted by molar-refractivity contribution is 5.82. The zero-order valence-corrected chi connectivity index (χ0v) is 12.3. The summed E-state index contributed by atoms with van der Waals surface area (Å²) in [5.74, 6) is 0.286. The summed E-state index contributed by atoms with van der Waals surface area (Å²) in [6, 6.07) is 8.13. The van der Waals surface area contributed by atoms with Crippen LogP contribution in [0.4, 0.5) is 0 Å². The minimum absolute atomic E-state index is 0.0782. The molecule has 1 saturated heterocycles. The van der Waals surface area contributed by atoms with Gasteiger partial charge in [-0.05, 0) is 31.7 Å². The van der Waals surface area contributed by atoms with E-state index in [1.807, 2.05) is 29.2 Å². The third kappa shape index (κ3) is 2.78. The number of carbonyl (C=O) groups is 1. The fourth-order valence-corrected chi connectivity index (χ4v) is 3.05. The molecule has 5 heteroatoms. The van der Waals surface area contributed by atoms with Crippen LogP contribution in [0.25, 0.3) is 10.9 Å². The van der Waals surface area contributed by atoms with Crippen molar-refractivity contribution < 1.29 is 9.90 Å². The summed E-state index contributed by atoms with van der Waals surface area (Å²) in [6.45, 7) is 3.14. The first-order valence-electron chi connectivity index (χ1n) is 7.50. The molecule has 2 heterocycles. The molecule has 0 bridgehead atoms. The number of aromatic nitrogens is 2. The van der Waals surface area contributed by atoms with Gasteiger partial charge in [0.2, 0.25) is 5.91 Å². The van der Waals surface area contributed by atoms with E-state index in [0.717, 1.165) is 23.7 Å². The van der Waals surface area contributed by atoms with E-state index in [9.17, 15) is 9.90 Å². The average Bonchev–Trinajstić information content (AvgIpc) is 2.91. The van der Waals surface area contributed by atoms with Crippen LogP contribution in [0.3, 0.4) is 0 Å². The van der Waals surface area contributed by atoms with Gasteiger partial charge in [-0.25, -0.2) is 0 Å². The lowest BCUT2D eigenvalue weighted by atomic mass is 9.94. The van der Waals surface area contributed by atoms with Crippen LogP contribution in [0.5, 0.6) is 0 Å². The Morgan fingerprint density at radius 2 is 2.19 bits per heavy atom. The molecular weight excluding hydrogens is 266 g/mol. The van der Waals surface area contributed by atoms with Crippen LogP contribution >= 0.6 is 0 Å². The number of benzene rings is 1. The van der Waals surface area contributed by atoms with Crippen LogP contribution in [-0.4, -0.2) is 44.9 Å². The third-order valence-electron chi connectivity index (χ3n) is 4.39. The number of fused-ring (bicyclic) bond motifs is 1. The van der Waals surface area contributed by atoms with Crippen molar-refractivity contribution in [3.63, 3.8) is 0 Å². The largest absolute Gasteiger partial charge is 0.396 e. The van der Waals surface area contributed by atoms with Gasteiger partial charge in [-0.1, -0.05) is 18.2 Å². The zero-order chi connectivity index (χ0) is 14.8. The monoisotopic (exact) mass is 287 g/mol. The summed E-state index contributed by atoms with van der Waals surface area (Å²) in [7, 11) is 0. The number of para-hydroxylation sites is 1. The first kappa shape index (κ1) is 14.1. The van der Waals surface area contributed by atoms with Crippen LogP contribution in [-0.2, 0) is 11.3 Å². The molecule has 1 fully saturated rings. The summed E-state index contributed by atoms with van der Waals surface area (Å²) in [4.78, 5) is 14.5. The molecule has 1 amide bonds. The van der Waals surface area contributed by atoms with Crippen LogP contribution < -0.4 is 0 Å². The molecule has 0 saturated carbocycles. The maximum atomic E-state index is 12.6. The summed E-state index contributed by atoms with van der Waals surface area (Å²) >= 11 is 0. The van der Waals surface area contributed by atoms with Crippen molar-refractivity contribution in [2.75, 3.05) is 13.2 Å². The van der Waals surface area contributed by atoms with E-state index >= 15 is 0 Å². The molecular formula is C16H21N3O2. The Hall–Kier alpha value is -1.88. The Morgan fingerprint density at radius 3 is 3.00 bits per heavy atom. The van der Waals surface area contributed by atoms with Gasteiger partial charge in [0.1, 0.15) is 6.54 Å². The topological polar surface area (TPSA) is 58.4 Å². The molecule has 0 radical (unpaired) electrons. The van der Waals surface area contributed by atoms with E-state index in [0.29, 0.717) is 6.54 Å². The first-order valence-corrected chi connectivity index (χ1v) is 7.50. The highest BCUT2D eigenvalue weighted by Crippen LogP contribution is 2.22. The highest BCUT2D eigenvalue weighted by atomic mass is 16.3. The van der Waals surface area contributed by atoms with Gasteiger partial charge in [0, 0.05) is 24.6 Å². The number of rotatable bonds is 3. The van der Waals surface area contributed by atoms with E-state index in [4.69, 9.17) is 0 Å². The predicted molar refractivity (Wildman–Crippen MR) is 80.7 cm³/mol. The van der Waals surface area contributed by atoms with Crippen molar-refractivity contribution in [1.82, 2.24) is 14.7 Å². The first-order chi connectivity index (χ1) is 10.2. The van der Waals surface area contributed by atoms with Gasteiger partial charge in [0.15, 0.2) is 0 Å². The SMILES string of the molecule is CC1CCC(CO)CN1C(=O)Cn1ncc2ccccc21. The zero-order valence-electron chi connectivity index (χ0n) is 12.3. The maximum Gasteiger partial charge on any atom is 0.244 e. The van der Waals surface area contributed by atoms with Crippen molar-refractivity contribution >= 4 is 16.8 Å². The fraction of sp³-hybridized carbons (Fsp3) is 0.500. The molecule has 0 spiro atoms. The van der Waals surface area contributed by atoms with Gasteiger partial charge < -0.3 is 10.0 Å². The summed E-state index contributed by atoms with van der Waals surface area (Å²) in [5.41, 5.74) is 0.981. The lowest BCUT2D eigenvalue weighted by molar-refractivity contribution is -0.136. The Bertz CT molecular complexity index is 637. The van der Waals surface area contributed by atoms with E-state index in [2.05, 4.69) is 12.0 Å². The molecule has 1 aliphatic rings. The number of hydrogen-bond acceptors (Lipinski definition) is 3. The Balaban J connectivity index is 1.76. The number of nitrogens with zero attached hydrogens (tertiary/aromatic N) is 3. The fourth-order valence-electron chi connectivity index (χ4n) is 3.05. The third-order valence-corrected chi connectivity index (χ3v) is 4.39. The second-order valence-corrected chi connectivity index (χ2v) is 5.88. The smallest absolute Gasteiger partial charge is 0.244 e. The minimum atomic E-state index is 0.0782. The maximum absolute atomic E-state index is 12.6. The molecule has 1 N–H and O–H groups in total. The van der Waals surface area contributed by atoms with Crippen molar-refractivity contribution in [3.05, 3.63) is 30.5 Å². The molecule has 5 nitrogen and oxygen atoms in total. The molecule has 1 aliphatic heterocycles. The standard InChI is InChI=1S/C16H21N3O2/c1-12-6-7-13(11-20)9-18(12)16(21)10-19-15-5-3-2-4-14(15)8-17-19/h2-5,8,12-13,20H,6-7,9-11H2,1H3. The number of likely N-dealkylation sites (tertiary alicyclic amines) is 1. The van der Waals surface area contributed by atoms with E-state index in [1.165, 1.54) is 0 Å². The number of piperidine rings is 1. The molecule has 1 aromatic carbocycles. The number of aliphatic hydroxyl groups is 1. The molecule has 0 aliphatic carbocycles. The van der Waals surface area contributed by atoms with Crippen LogP contribution in [0.1, 0.15) is 19.8 Å². The van der Waals surface area contributed by atoms with E-state index < -0.39 is 0 Å². The molecule has 2 aromatic rings. The van der Waals surface area contributed by atoms with Crippen LogP contribution in [0.15, 0.2) is 30.5 Å². The molecule has 3 rings (SSSR count). The summed E-state index contributed by atoms with van der Waals surface area (Å²) < 4.78 is 1.76. The van der Waals surface area contributed by atoms with Crippen molar-refractivity contribution in [2.24, 2.45) is 5.92 Å². The second-order valence-electron chi connectivity index (χ2n) is 5.88. The predicted octanol–water partition coefficient (Wildman–Crippen LogP) is 1.66. The van der Waals surface area contributed by atoms with E-state index in [-0.39, 0.29) is 31.0 Å². The van der Waals surface area contributed by atoms with Gasteiger partial charge in [-0.15, -0.1) is 0 Å². The summed E-state index contributed by atoms with van der Waals surface area (Å²) in [5, 5.41) is 14.7. The van der Waals surface area contributed by atoms with Crippen molar-refractivity contribution in [2.45, 2.75) is 32.4 Å². The minimum Gasteiger partial charge on any atom is -0.396 e. The normalized spacial score (nSPS) is 22.7. The van der Waals surface area contributed by atoms with Crippen LogP contribution in [0.2, 0.25) is 0 Å². The molecule has 1 aromatic heterocycles. The van der Waals surface area contributed by atoms with Crippen molar-refractivity contribution in [3.8, 4) is 0 Å². The number of aliphatic hydroxyl groups excluding tert-OH is 1. The number of amides is 1.